The van der Waals surface area contributed by atoms with Crippen molar-refractivity contribution in [3.8, 4) is 0 Å². The number of rotatable bonds is 6. The average Bonchev–Trinajstić information content (AvgIpc) is 2.76. The van der Waals surface area contributed by atoms with Gasteiger partial charge >= 0.3 is 0 Å². The van der Waals surface area contributed by atoms with Gasteiger partial charge in [-0.05, 0) is 12.8 Å². The number of hydrogen-bond donors (Lipinski definition) is 3. The summed E-state index contributed by atoms with van der Waals surface area (Å²) in [4.78, 5) is 0. The first kappa shape index (κ1) is 16.5. The predicted octanol–water partition coefficient (Wildman–Crippen LogP) is 1.91. The van der Waals surface area contributed by atoms with E-state index in [4.69, 9.17) is 0 Å². The molecule has 0 saturated heterocycles. The Labute approximate surface area is 127 Å². The number of aromatic nitrogens is 2. The number of hydrogen-bond acceptors (Lipinski definition) is 4. The summed E-state index contributed by atoms with van der Waals surface area (Å²) in [6.45, 7) is 4.55. The van der Waals surface area contributed by atoms with E-state index >= 15 is 0 Å². The van der Waals surface area contributed by atoms with Crippen LogP contribution in [-0.4, -0.2) is 30.7 Å². The molecular weight excluding hydrogens is 288 g/mol. The van der Waals surface area contributed by atoms with E-state index in [1.165, 1.54) is 12.8 Å². The molecule has 120 valence electrons. The number of aromatic amines is 1. The molecule has 0 aliphatic heterocycles. The van der Waals surface area contributed by atoms with Crippen molar-refractivity contribution in [3.05, 3.63) is 11.8 Å². The number of sulfonamides is 1. The van der Waals surface area contributed by atoms with Crippen LogP contribution in [0.25, 0.3) is 0 Å². The molecular formula is C14H26N4O2S. The first-order chi connectivity index (χ1) is 9.99. The Kier molecular flexibility index (Phi) is 5.78. The van der Waals surface area contributed by atoms with E-state index in [0.29, 0.717) is 18.2 Å². The van der Waals surface area contributed by atoms with Crippen LogP contribution in [0.1, 0.15) is 57.9 Å². The largest absolute Gasteiger partial charge is 0.310 e. The molecule has 0 atom stereocenters. The average molecular weight is 314 g/mol. The summed E-state index contributed by atoms with van der Waals surface area (Å²) in [6, 6.07) is 0.344. The van der Waals surface area contributed by atoms with Gasteiger partial charge in [0.1, 0.15) is 0 Å². The standard InChI is InChI=1S/C14H26N4O2S/c1-11(2)15-9-12-10-16-17-14(12)21(19,20)18-13-7-5-3-4-6-8-13/h10-11,13,15,18H,3-9H2,1-2H3,(H,16,17). The Morgan fingerprint density at radius 3 is 2.57 bits per heavy atom. The monoisotopic (exact) mass is 314 g/mol. The minimum absolute atomic E-state index is 0.0479. The van der Waals surface area contributed by atoms with Gasteiger partial charge in [-0.1, -0.05) is 39.5 Å². The van der Waals surface area contributed by atoms with Gasteiger partial charge in [-0.15, -0.1) is 0 Å². The molecule has 2 rings (SSSR count). The molecule has 3 N–H and O–H groups in total. The Morgan fingerprint density at radius 1 is 1.29 bits per heavy atom. The van der Waals surface area contributed by atoms with Crippen molar-refractivity contribution in [3.63, 3.8) is 0 Å². The summed E-state index contributed by atoms with van der Waals surface area (Å²) in [6.07, 6.45) is 8.02. The third-order valence-electron chi connectivity index (χ3n) is 3.82. The second kappa shape index (κ2) is 7.38. The molecule has 1 aromatic heterocycles. The molecule has 1 heterocycles. The van der Waals surface area contributed by atoms with Crippen molar-refractivity contribution in [2.75, 3.05) is 0 Å². The topological polar surface area (TPSA) is 86.9 Å². The van der Waals surface area contributed by atoms with Crippen LogP contribution in [-0.2, 0) is 16.6 Å². The fourth-order valence-corrected chi connectivity index (χ4v) is 4.08. The minimum atomic E-state index is -3.52. The van der Waals surface area contributed by atoms with Gasteiger partial charge in [0, 0.05) is 24.2 Å². The van der Waals surface area contributed by atoms with Crippen LogP contribution in [0.3, 0.4) is 0 Å². The zero-order valence-corrected chi connectivity index (χ0v) is 13.7. The molecule has 0 amide bonds. The highest BCUT2D eigenvalue weighted by atomic mass is 32.2. The van der Waals surface area contributed by atoms with Gasteiger partial charge in [-0.25, -0.2) is 13.1 Å². The van der Waals surface area contributed by atoms with Gasteiger partial charge in [-0.2, -0.15) is 5.10 Å². The Bertz CT molecular complexity index is 531. The van der Waals surface area contributed by atoms with Gasteiger partial charge < -0.3 is 5.32 Å². The Morgan fingerprint density at radius 2 is 1.95 bits per heavy atom. The zero-order chi connectivity index (χ0) is 15.3. The van der Waals surface area contributed by atoms with Gasteiger partial charge in [0.2, 0.25) is 0 Å². The molecule has 1 aliphatic rings. The van der Waals surface area contributed by atoms with Crippen molar-refractivity contribution in [1.29, 1.82) is 0 Å². The van der Waals surface area contributed by atoms with E-state index in [9.17, 15) is 8.42 Å². The van der Waals surface area contributed by atoms with Crippen LogP contribution < -0.4 is 10.0 Å². The van der Waals surface area contributed by atoms with E-state index in [2.05, 4.69) is 20.2 Å². The lowest BCUT2D eigenvalue weighted by molar-refractivity contribution is 0.506. The quantitative estimate of drug-likeness (QED) is 0.700. The third-order valence-corrected chi connectivity index (χ3v) is 5.36. The van der Waals surface area contributed by atoms with Gasteiger partial charge in [-0.3, -0.25) is 5.10 Å². The predicted molar refractivity (Wildman–Crippen MR) is 82.4 cm³/mol. The lowest BCUT2D eigenvalue weighted by atomic mass is 10.1. The second-order valence-electron chi connectivity index (χ2n) is 6.07. The SMILES string of the molecule is CC(C)NCc1cn[nH]c1S(=O)(=O)NC1CCCCCC1. The zero-order valence-electron chi connectivity index (χ0n) is 12.9. The lowest BCUT2D eigenvalue weighted by Gasteiger charge is -2.16. The van der Waals surface area contributed by atoms with Crippen molar-refractivity contribution < 1.29 is 8.42 Å². The van der Waals surface area contributed by atoms with E-state index in [1.807, 2.05) is 13.8 Å². The fraction of sp³-hybridized carbons (Fsp3) is 0.786. The number of nitrogens with one attached hydrogen (secondary N) is 3. The molecule has 7 heteroatoms. The molecule has 21 heavy (non-hydrogen) atoms. The molecule has 1 saturated carbocycles. The van der Waals surface area contributed by atoms with Gasteiger partial charge in [0.05, 0.1) is 6.20 Å². The van der Waals surface area contributed by atoms with E-state index < -0.39 is 10.0 Å². The molecule has 0 bridgehead atoms. The molecule has 1 fully saturated rings. The molecule has 0 aromatic carbocycles. The summed E-state index contributed by atoms with van der Waals surface area (Å²) in [5, 5.41) is 9.94. The summed E-state index contributed by atoms with van der Waals surface area (Å²) in [7, 11) is -3.52. The van der Waals surface area contributed by atoms with E-state index in [1.54, 1.807) is 6.20 Å². The van der Waals surface area contributed by atoms with E-state index in [0.717, 1.165) is 25.7 Å². The van der Waals surface area contributed by atoms with Crippen LogP contribution in [0.4, 0.5) is 0 Å². The first-order valence-electron chi connectivity index (χ1n) is 7.77. The molecule has 6 nitrogen and oxygen atoms in total. The van der Waals surface area contributed by atoms with Crippen LogP contribution in [0.15, 0.2) is 11.2 Å². The van der Waals surface area contributed by atoms with Crippen LogP contribution in [0.2, 0.25) is 0 Å². The molecule has 0 radical (unpaired) electrons. The first-order valence-corrected chi connectivity index (χ1v) is 9.25. The maximum atomic E-state index is 12.5. The van der Waals surface area contributed by atoms with E-state index in [-0.39, 0.29) is 11.1 Å². The molecule has 0 unspecified atom stereocenters. The van der Waals surface area contributed by atoms with Crippen LogP contribution in [0, 0.1) is 0 Å². The van der Waals surface area contributed by atoms with Crippen molar-refractivity contribution in [2.45, 2.75) is 76.0 Å². The second-order valence-corrected chi connectivity index (χ2v) is 7.72. The highest BCUT2D eigenvalue weighted by molar-refractivity contribution is 7.89. The summed E-state index contributed by atoms with van der Waals surface area (Å²) < 4.78 is 27.9. The summed E-state index contributed by atoms with van der Waals surface area (Å²) in [5.41, 5.74) is 0.685. The Hall–Kier alpha value is -0.920. The van der Waals surface area contributed by atoms with Crippen LogP contribution >= 0.6 is 0 Å². The number of H-pyrrole nitrogens is 1. The summed E-state index contributed by atoms with van der Waals surface area (Å²) >= 11 is 0. The van der Waals surface area contributed by atoms with Crippen molar-refractivity contribution in [2.24, 2.45) is 0 Å². The minimum Gasteiger partial charge on any atom is -0.310 e. The molecule has 1 aliphatic carbocycles. The summed E-state index contributed by atoms with van der Waals surface area (Å²) in [5.74, 6) is 0. The molecule has 1 aromatic rings. The van der Waals surface area contributed by atoms with Crippen molar-refractivity contribution in [1.82, 2.24) is 20.2 Å². The lowest BCUT2D eigenvalue weighted by Crippen LogP contribution is -2.35. The Balaban J connectivity index is 2.06. The van der Waals surface area contributed by atoms with Gasteiger partial charge in [0.25, 0.3) is 10.0 Å². The van der Waals surface area contributed by atoms with Gasteiger partial charge in [0.15, 0.2) is 5.03 Å². The normalized spacial score (nSPS) is 18.0. The maximum absolute atomic E-state index is 12.5. The van der Waals surface area contributed by atoms with Crippen molar-refractivity contribution >= 4 is 10.0 Å². The highest BCUT2D eigenvalue weighted by Gasteiger charge is 2.25. The van der Waals surface area contributed by atoms with Crippen LogP contribution in [0.5, 0.6) is 0 Å². The number of nitrogens with zero attached hydrogens (tertiary/aromatic N) is 1. The smallest absolute Gasteiger partial charge is 0.258 e. The third kappa shape index (κ3) is 4.79. The maximum Gasteiger partial charge on any atom is 0.258 e. The highest BCUT2D eigenvalue weighted by Crippen LogP contribution is 2.20. The fourth-order valence-electron chi connectivity index (χ4n) is 2.65. The molecule has 0 spiro atoms.